The number of likely N-dealkylation sites (tertiary alicyclic amines) is 1. The molecule has 178 valence electrons. The number of carbonyl (C=O) groups excluding carboxylic acids is 2. The number of nitrogens with zero attached hydrogens (tertiary/aromatic N) is 3. The number of rotatable bonds is 6. The van der Waals surface area contributed by atoms with Crippen LogP contribution in [0.15, 0.2) is 90.0 Å². The van der Waals surface area contributed by atoms with Gasteiger partial charge in [-0.05, 0) is 54.7 Å². The van der Waals surface area contributed by atoms with Gasteiger partial charge in [0.1, 0.15) is 5.75 Å². The van der Waals surface area contributed by atoms with Crippen molar-refractivity contribution in [3.63, 3.8) is 0 Å². The Hall–Kier alpha value is -3.93. The van der Waals surface area contributed by atoms with Gasteiger partial charge < -0.3 is 9.64 Å². The van der Waals surface area contributed by atoms with Crippen LogP contribution in [-0.4, -0.2) is 47.1 Å². The number of benzene rings is 3. The molecule has 35 heavy (non-hydrogen) atoms. The number of carbonyl (C=O) groups is 2. The van der Waals surface area contributed by atoms with Gasteiger partial charge in [0, 0.05) is 25.1 Å². The van der Waals surface area contributed by atoms with Gasteiger partial charge in [-0.3, -0.25) is 9.59 Å². The molecule has 2 heterocycles. The van der Waals surface area contributed by atoms with Crippen LogP contribution in [0.4, 0.5) is 0 Å². The number of amides is 2. The molecule has 0 aliphatic carbocycles. The SMILES string of the molecule is O=C(COc1cccc([C@@H]2CC(c3ccccc3)=NN2C(=O)c2ccccc2)c1)N1CCCCC1. The molecule has 3 aromatic rings. The van der Waals surface area contributed by atoms with E-state index in [4.69, 9.17) is 9.84 Å². The van der Waals surface area contributed by atoms with E-state index in [-0.39, 0.29) is 24.5 Å². The third kappa shape index (κ3) is 5.27. The smallest absolute Gasteiger partial charge is 0.274 e. The predicted molar refractivity (Wildman–Crippen MR) is 135 cm³/mol. The van der Waals surface area contributed by atoms with Gasteiger partial charge in [-0.2, -0.15) is 5.10 Å². The van der Waals surface area contributed by atoms with Gasteiger partial charge in [0.25, 0.3) is 11.8 Å². The van der Waals surface area contributed by atoms with E-state index in [1.165, 1.54) is 6.42 Å². The van der Waals surface area contributed by atoms with E-state index < -0.39 is 0 Å². The van der Waals surface area contributed by atoms with Gasteiger partial charge in [-0.15, -0.1) is 0 Å². The molecule has 2 amide bonds. The zero-order valence-corrected chi connectivity index (χ0v) is 19.7. The van der Waals surface area contributed by atoms with Crippen LogP contribution in [0.5, 0.6) is 5.75 Å². The number of hydrogen-bond acceptors (Lipinski definition) is 4. The monoisotopic (exact) mass is 467 g/mol. The fraction of sp³-hybridized carbons (Fsp3) is 0.276. The lowest BCUT2D eigenvalue weighted by Crippen LogP contribution is -2.38. The molecule has 1 saturated heterocycles. The molecule has 2 aliphatic heterocycles. The van der Waals surface area contributed by atoms with Gasteiger partial charge in [-0.25, -0.2) is 5.01 Å². The highest BCUT2D eigenvalue weighted by Crippen LogP contribution is 2.35. The van der Waals surface area contributed by atoms with E-state index >= 15 is 0 Å². The van der Waals surface area contributed by atoms with Gasteiger partial charge in [0.2, 0.25) is 0 Å². The molecule has 6 nitrogen and oxygen atoms in total. The molecule has 0 radical (unpaired) electrons. The summed E-state index contributed by atoms with van der Waals surface area (Å²) in [6.45, 7) is 1.63. The Morgan fingerprint density at radius 3 is 2.31 bits per heavy atom. The lowest BCUT2D eigenvalue weighted by Gasteiger charge is -2.26. The second kappa shape index (κ2) is 10.6. The third-order valence-corrected chi connectivity index (χ3v) is 6.56. The quantitative estimate of drug-likeness (QED) is 0.509. The van der Waals surface area contributed by atoms with Crippen LogP contribution in [-0.2, 0) is 4.79 Å². The second-order valence-corrected chi connectivity index (χ2v) is 8.95. The highest BCUT2D eigenvalue weighted by Gasteiger charge is 2.34. The lowest BCUT2D eigenvalue weighted by atomic mass is 9.98. The molecule has 6 heteroatoms. The van der Waals surface area contributed by atoms with E-state index in [0.717, 1.165) is 42.8 Å². The maximum absolute atomic E-state index is 13.4. The average molecular weight is 468 g/mol. The standard InChI is InChI=1S/C29H29N3O3/c33-28(31-17-8-3-9-18-31)21-35-25-16-10-15-24(19-25)27-20-26(22-11-4-1-5-12-22)30-32(27)29(34)23-13-6-2-7-14-23/h1-2,4-7,10-16,19,27H,3,8-9,17-18,20-21H2/t27-/m0/s1. The maximum Gasteiger partial charge on any atom is 0.274 e. The molecule has 1 fully saturated rings. The largest absolute Gasteiger partial charge is 0.484 e. The molecule has 1 atom stereocenters. The first kappa shape index (κ1) is 22.8. The average Bonchev–Trinajstić information content (AvgIpc) is 3.39. The van der Waals surface area contributed by atoms with Crippen molar-refractivity contribution in [3.05, 3.63) is 102 Å². The van der Waals surface area contributed by atoms with Crippen LogP contribution in [0.2, 0.25) is 0 Å². The molecule has 2 aliphatic rings. The molecular formula is C29H29N3O3. The fourth-order valence-electron chi connectivity index (χ4n) is 4.67. The highest BCUT2D eigenvalue weighted by molar-refractivity contribution is 6.05. The summed E-state index contributed by atoms with van der Waals surface area (Å²) in [5.74, 6) is 0.493. The molecule has 0 saturated carbocycles. The van der Waals surface area contributed by atoms with Crippen molar-refractivity contribution in [2.75, 3.05) is 19.7 Å². The Morgan fingerprint density at radius 2 is 1.57 bits per heavy atom. The summed E-state index contributed by atoms with van der Waals surface area (Å²) in [5, 5.41) is 6.34. The first-order valence-electron chi connectivity index (χ1n) is 12.2. The van der Waals surface area contributed by atoms with E-state index in [2.05, 4.69) is 0 Å². The zero-order valence-electron chi connectivity index (χ0n) is 19.7. The van der Waals surface area contributed by atoms with Crippen molar-refractivity contribution in [2.24, 2.45) is 5.10 Å². The minimum absolute atomic E-state index is 0.0200. The van der Waals surface area contributed by atoms with Crippen molar-refractivity contribution in [3.8, 4) is 5.75 Å². The summed E-state index contributed by atoms with van der Waals surface area (Å²) >= 11 is 0. The van der Waals surface area contributed by atoms with Gasteiger partial charge in [0.05, 0.1) is 11.8 Å². The molecule has 5 rings (SSSR count). The Kier molecular flexibility index (Phi) is 6.89. The van der Waals surface area contributed by atoms with Crippen molar-refractivity contribution >= 4 is 17.5 Å². The van der Waals surface area contributed by atoms with Crippen LogP contribution in [0.3, 0.4) is 0 Å². The second-order valence-electron chi connectivity index (χ2n) is 8.95. The van der Waals surface area contributed by atoms with Crippen molar-refractivity contribution in [2.45, 2.75) is 31.7 Å². The summed E-state index contributed by atoms with van der Waals surface area (Å²) in [6.07, 6.45) is 3.88. The van der Waals surface area contributed by atoms with Crippen molar-refractivity contribution < 1.29 is 14.3 Å². The summed E-state index contributed by atoms with van der Waals surface area (Å²) in [4.78, 5) is 27.8. The number of ether oxygens (including phenoxy) is 1. The fourth-order valence-corrected chi connectivity index (χ4v) is 4.67. The van der Waals surface area contributed by atoms with E-state index in [1.54, 1.807) is 17.1 Å². The van der Waals surface area contributed by atoms with Crippen molar-refractivity contribution in [1.29, 1.82) is 0 Å². The first-order chi connectivity index (χ1) is 17.2. The van der Waals surface area contributed by atoms with Gasteiger partial charge in [-0.1, -0.05) is 60.7 Å². The Morgan fingerprint density at radius 1 is 0.857 bits per heavy atom. The van der Waals surface area contributed by atoms with Crippen LogP contribution in [0, 0.1) is 0 Å². The molecule has 0 spiro atoms. The van der Waals surface area contributed by atoms with Crippen LogP contribution in [0.25, 0.3) is 0 Å². The number of piperidine rings is 1. The third-order valence-electron chi connectivity index (χ3n) is 6.56. The Balaban J connectivity index is 1.37. The van der Waals surface area contributed by atoms with E-state index in [9.17, 15) is 9.59 Å². The number of hydrogen-bond donors (Lipinski definition) is 0. The first-order valence-corrected chi connectivity index (χ1v) is 12.2. The summed E-state index contributed by atoms with van der Waals surface area (Å²) in [5.41, 5.74) is 3.38. The lowest BCUT2D eigenvalue weighted by molar-refractivity contribution is -0.134. The zero-order chi connectivity index (χ0) is 24.0. The molecule has 0 N–H and O–H groups in total. The molecule has 0 bridgehead atoms. The number of hydrazone groups is 1. The summed E-state index contributed by atoms with van der Waals surface area (Å²) in [7, 11) is 0. The minimum atomic E-state index is -0.265. The Bertz CT molecular complexity index is 1200. The van der Waals surface area contributed by atoms with Gasteiger partial charge in [0.15, 0.2) is 6.61 Å². The summed E-state index contributed by atoms with van der Waals surface area (Å²) in [6, 6.07) is 26.6. The molecule has 3 aromatic carbocycles. The van der Waals surface area contributed by atoms with E-state index in [0.29, 0.717) is 17.7 Å². The van der Waals surface area contributed by atoms with Crippen LogP contribution < -0.4 is 4.74 Å². The summed E-state index contributed by atoms with van der Waals surface area (Å²) < 4.78 is 5.88. The molecular weight excluding hydrogens is 438 g/mol. The van der Waals surface area contributed by atoms with Crippen LogP contribution >= 0.6 is 0 Å². The maximum atomic E-state index is 13.4. The topological polar surface area (TPSA) is 62.2 Å². The van der Waals surface area contributed by atoms with Crippen LogP contribution in [0.1, 0.15) is 53.2 Å². The highest BCUT2D eigenvalue weighted by atomic mass is 16.5. The minimum Gasteiger partial charge on any atom is -0.484 e. The van der Waals surface area contributed by atoms with Crippen molar-refractivity contribution in [1.82, 2.24) is 9.91 Å². The van der Waals surface area contributed by atoms with Gasteiger partial charge >= 0.3 is 0 Å². The van der Waals surface area contributed by atoms with E-state index in [1.807, 2.05) is 77.7 Å². The molecule has 0 aromatic heterocycles. The predicted octanol–water partition coefficient (Wildman–Crippen LogP) is 5.07. The normalized spacial score (nSPS) is 17.7. The Labute approximate surface area is 205 Å². The molecule has 0 unspecified atom stereocenters.